The molecule has 0 aromatic heterocycles. The average Bonchev–Trinajstić information content (AvgIpc) is 3.23. The molecular weight excluding hydrogens is 266 g/mol. The second kappa shape index (κ2) is 6.21. The molecule has 1 heterocycles. The second-order valence-electron chi connectivity index (χ2n) is 3.63. The van der Waals surface area contributed by atoms with Crippen LogP contribution in [-0.4, -0.2) is 25.4 Å². The predicted molar refractivity (Wildman–Crippen MR) is 61.9 cm³/mol. The van der Waals surface area contributed by atoms with E-state index >= 15 is 0 Å². The van der Waals surface area contributed by atoms with E-state index in [0.717, 1.165) is 0 Å². The fraction of sp³-hybridized carbons (Fsp3) is 0.250. The summed E-state index contributed by atoms with van der Waals surface area (Å²) in [6, 6.07) is 2.59. The molecule has 1 fully saturated rings. The standard InChI is InChI=1S/C12H7N3O5/c13-5-19-10-1-8(15-7-16)2-11(20-6-14)12(10)18-4-9-3-17-9/h1-2,9H,3-4H2. The Labute approximate surface area is 113 Å². The SMILES string of the molecule is N#COc1cc(N=C=O)cc(OC#N)c1OCC1CO1. The van der Waals surface area contributed by atoms with Crippen molar-refractivity contribution in [2.45, 2.75) is 6.10 Å². The van der Waals surface area contributed by atoms with Gasteiger partial charge in [0.25, 0.3) is 12.5 Å². The van der Waals surface area contributed by atoms with Crippen LogP contribution >= 0.6 is 0 Å². The molecule has 1 unspecified atom stereocenters. The van der Waals surface area contributed by atoms with E-state index < -0.39 is 0 Å². The lowest BCUT2D eigenvalue weighted by Crippen LogP contribution is -2.06. The molecule has 8 nitrogen and oxygen atoms in total. The minimum atomic E-state index is -0.0347. The van der Waals surface area contributed by atoms with E-state index in [0.29, 0.717) is 6.61 Å². The number of rotatable bonds is 6. The van der Waals surface area contributed by atoms with Crippen LogP contribution in [0.3, 0.4) is 0 Å². The van der Waals surface area contributed by atoms with Crippen molar-refractivity contribution in [3.63, 3.8) is 0 Å². The van der Waals surface area contributed by atoms with Gasteiger partial charge in [0.1, 0.15) is 12.7 Å². The van der Waals surface area contributed by atoms with Crippen molar-refractivity contribution in [1.29, 1.82) is 10.5 Å². The van der Waals surface area contributed by atoms with Crippen molar-refractivity contribution in [3.05, 3.63) is 12.1 Å². The Morgan fingerprint density at radius 2 is 1.90 bits per heavy atom. The van der Waals surface area contributed by atoms with Crippen molar-refractivity contribution in [2.24, 2.45) is 4.99 Å². The summed E-state index contributed by atoms with van der Waals surface area (Å²) in [5.74, 6) is 0.0262. The van der Waals surface area contributed by atoms with Crippen LogP contribution in [0.15, 0.2) is 17.1 Å². The molecule has 1 saturated heterocycles. The largest absolute Gasteiger partial charge is 0.483 e. The second-order valence-corrected chi connectivity index (χ2v) is 3.63. The first-order chi connectivity index (χ1) is 9.78. The third kappa shape index (κ3) is 3.24. The fourth-order valence-electron chi connectivity index (χ4n) is 1.41. The minimum absolute atomic E-state index is 0.0186. The van der Waals surface area contributed by atoms with Gasteiger partial charge in [-0.15, -0.1) is 10.5 Å². The Morgan fingerprint density at radius 3 is 2.35 bits per heavy atom. The van der Waals surface area contributed by atoms with Crippen molar-refractivity contribution in [2.75, 3.05) is 13.2 Å². The number of nitrogens with zero attached hydrogens (tertiary/aromatic N) is 3. The number of nitriles is 2. The third-order valence-electron chi connectivity index (χ3n) is 2.31. The van der Waals surface area contributed by atoms with Gasteiger partial charge in [-0.2, -0.15) is 4.99 Å². The van der Waals surface area contributed by atoms with Crippen molar-refractivity contribution in [3.8, 4) is 29.8 Å². The van der Waals surface area contributed by atoms with E-state index in [1.165, 1.54) is 30.7 Å². The molecule has 1 aliphatic rings. The Bertz CT molecular complexity index is 598. The summed E-state index contributed by atoms with van der Waals surface area (Å²) in [7, 11) is 0. The normalized spacial score (nSPS) is 15.2. The van der Waals surface area contributed by atoms with Gasteiger partial charge in [0.15, 0.2) is 11.5 Å². The molecule has 0 amide bonds. The third-order valence-corrected chi connectivity index (χ3v) is 2.31. The van der Waals surface area contributed by atoms with E-state index in [1.807, 2.05) is 0 Å². The Hall–Kier alpha value is -3.06. The quantitative estimate of drug-likeness (QED) is 0.330. The molecule has 8 heteroatoms. The molecule has 100 valence electrons. The maximum Gasteiger partial charge on any atom is 0.292 e. The summed E-state index contributed by atoms with van der Waals surface area (Å²) in [5.41, 5.74) is 0.116. The number of carbonyl (C=O) groups excluding carboxylic acids is 1. The lowest BCUT2D eigenvalue weighted by molar-refractivity contribution is 0.249. The number of benzene rings is 1. The van der Waals surface area contributed by atoms with E-state index in [1.54, 1.807) is 0 Å². The predicted octanol–water partition coefficient (Wildman–Crippen LogP) is 1.15. The Balaban J connectivity index is 2.39. The van der Waals surface area contributed by atoms with Crippen LogP contribution in [-0.2, 0) is 9.53 Å². The zero-order valence-electron chi connectivity index (χ0n) is 10.0. The van der Waals surface area contributed by atoms with Crippen LogP contribution < -0.4 is 14.2 Å². The van der Waals surface area contributed by atoms with Gasteiger partial charge in [0.05, 0.1) is 12.3 Å². The van der Waals surface area contributed by atoms with Crippen LogP contribution in [0, 0.1) is 23.0 Å². The molecule has 0 N–H and O–H groups in total. The van der Waals surface area contributed by atoms with Crippen LogP contribution in [0.4, 0.5) is 5.69 Å². The Morgan fingerprint density at radius 1 is 1.30 bits per heavy atom. The van der Waals surface area contributed by atoms with Crippen molar-refractivity contribution >= 4 is 11.8 Å². The zero-order valence-corrected chi connectivity index (χ0v) is 10.0. The molecule has 0 spiro atoms. The lowest BCUT2D eigenvalue weighted by Gasteiger charge is -2.11. The summed E-state index contributed by atoms with van der Waals surface area (Å²) < 4.78 is 19.8. The zero-order chi connectivity index (χ0) is 14.4. The van der Waals surface area contributed by atoms with Crippen LogP contribution in [0.1, 0.15) is 0 Å². The molecule has 1 atom stereocenters. The summed E-state index contributed by atoms with van der Waals surface area (Å²) in [5, 5.41) is 17.2. The summed E-state index contributed by atoms with van der Waals surface area (Å²) >= 11 is 0. The minimum Gasteiger partial charge on any atom is -0.483 e. The van der Waals surface area contributed by atoms with Crippen molar-refractivity contribution < 1.29 is 23.7 Å². The molecule has 0 radical (unpaired) electrons. The maximum atomic E-state index is 10.3. The van der Waals surface area contributed by atoms with Gasteiger partial charge >= 0.3 is 0 Å². The molecular formula is C12H7N3O5. The van der Waals surface area contributed by atoms with E-state index in [9.17, 15) is 4.79 Å². The first-order valence-corrected chi connectivity index (χ1v) is 5.40. The molecule has 0 aliphatic carbocycles. The number of epoxide rings is 1. The number of ether oxygens (including phenoxy) is 4. The summed E-state index contributed by atoms with van der Waals surface area (Å²) in [6.07, 6.45) is 4.26. The summed E-state index contributed by atoms with van der Waals surface area (Å²) in [4.78, 5) is 13.6. The molecule has 1 aliphatic heterocycles. The van der Waals surface area contributed by atoms with Crippen LogP contribution in [0.5, 0.6) is 17.2 Å². The number of hydrogen-bond donors (Lipinski definition) is 0. The fourth-order valence-corrected chi connectivity index (χ4v) is 1.41. The van der Waals surface area contributed by atoms with Crippen LogP contribution in [0.2, 0.25) is 0 Å². The highest BCUT2D eigenvalue weighted by Crippen LogP contribution is 2.41. The Kier molecular flexibility index (Phi) is 4.15. The topological polar surface area (TPSA) is 117 Å². The maximum absolute atomic E-state index is 10.3. The summed E-state index contributed by atoms with van der Waals surface area (Å²) in [6.45, 7) is 0.802. The number of hydrogen-bond acceptors (Lipinski definition) is 8. The molecule has 1 aromatic carbocycles. The van der Waals surface area contributed by atoms with Gasteiger partial charge in [-0.1, -0.05) is 0 Å². The number of isocyanates is 1. The van der Waals surface area contributed by atoms with Gasteiger partial charge in [-0.05, 0) is 0 Å². The highest BCUT2D eigenvalue weighted by Gasteiger charge is 2.25. The van der Waals surface area contributed by atoms with Gasteiger partial charge in [-0.3, -0.25) is 0 Å². The van der Waals surface area contributed by atoms with Crippen LogP contribution in [0.25, 0.3) is 0 Å². The van der Waals surface area contributed by atoms with E-state index in [4.69, 9.17) is 29.5 Å². The van der Waals surface area contributed by atoms with Gasteiger partial charge in [0.2, 0.25) is 11.8 Å². The molecule has 1 aromatic rings. The van der Waals surface area contributed by atoms with Crippen molar-refractivity contribution in [1.82, 2.24) is 0 Å². The highest BCUT2D eigenvalue weighted by molar-refractivity contribution is 5.63. The van der Waals surface area contributed by atoms with Gasteiger partial charge in [0, 0.05) is 12.1 Å². The molecule has 20 heavy (non-hydrogen) atoms. The first-order valence-electron chi connectivity index (χ1n) is 5.40. The van der Waals surface area contributed by atoms with Gasteiger partial charge < -0.3 is 18.9 Å². The monoisotopic (exact) mass is 273 g/mol. The average molecular weight is 273 g/mol. The number of aliphatic imine (C=N–C) groups is 1. The molecule has 0 bridgehead atoms. The van der Waals surface area contributed by atoms with Gasteiger partial charge in [-0.25, -0.2) is 4.79 Å². The smallest absolute Gasteiger partial charge is 0.292 e. The molecule has 0 saturated carbocycles. The molecule has 2 rings (SSSR count). The first kappa shape index (κ1) is 13.4. The van der Waals surface area contributed by atoms with E-state index in [2.05, 4.69) is 4.99 Å². The highest BCUT2D eigenvalue weighted by atomic mass is 16.6. The van der Waals surface area contributed by atoms with E-state index in [-0.39, 0.29) is 35.6 Å². The lowest BCUT2D eigenvalue weighted by atomic mass is 10.2.